The van der Waals surface area contributed by atoms with Crippen molar-refractivity contribution in [2.45, 2.75) is 57.5 Å². The number of allylic oxidation sites excluding steroid dienone is 1. The number of nitrogens with two attached hydrogens (primary N) is 1. The largest absolute Gasteiger partial charge is 0.492 e. The number of hydrogen-bond acceptors (Lipinski definition) is 6. The summed E-state index contributed by atoms with van der Waals surface area (Å²) in [6, 6.07) is 15.6. The van der Waals surface area contributed by atoms with Gasteiger partial charge in [0.05, 0.1) is 12.1 Å². The number of aliphatic hydroxyl groups excluding tert-OH is 1. The topological polar surface area (TPSA) is 123 Å². The maximum Gasteiger partial charge on any atom is 0.249 e. The van der Waals surface area contributed by atoms with Crippen LogP contribution in [0.2, 0.25) is 0 Å². The number of ether oxygens (including phenoxy) is 2. The lowest BCUT2D eigenvalue weighted by atomic mass is 10.0. The molecule has 0 unspecified atom stereocenters. The van der Waals surface area contributed by atoms with E-state index in [-0.39, 0.29) is 24.9 Å². The lowest BCUT2D eigenvalue weighted by molar-refractivity contribution is -0.137. The number of carbonyl (C=O) groups excluding carboxylic acids is 2. The summed E-state index contributed by atoms with van der Waals surface area (Å²) >= 11 is 0. The van der Waals surface area contributed by atoms with Crippen LogP contribution >= 0.6 is 0 Å². The highest BCUT2D eigenvalue weighted by Crippen LogP contribution is 2.15. The standard InChI is InChI=1S/C28H39N3O5/c1-5-10-20-13-9-14-22(15-20)36-18-23(29)24(32)16-25(35-4)27(33)31-26(19(2)3)28(34)30-17-21-11-7-6-8-12-21/h5-9,11-15,19,23-26,32H,1,10,16-18,29H2,2-4H3,(H,30,34)(H,31,33)/t23-,24+,25+,26-/m0/s1. The van der Waals surface area contributed by atoms with Crippen molar-refractivity contribution >= 4 is 11.8 Å². The van der Waals surface area contributed by atoms with Crippen molar-refractivity contribution < 1.29 is 24.2 Å². The fourth-order valence-electron chi connectivity index (χ4n) is 3.61. The quantitative estimate of drug-likeness (QED) is 0.280. The summed E-state index contributed by atoms with van der Waals surface area (Å²) in [4.78, 5) is 25.7. The summed E-state index contributed by atoms with van der Waals surface area (Å²) in [5, 5.41) is 16.2. The molecule has 2 aromatic carbocycles. The van der Waals surface area contributed by atoms with Crippen molar-refractivity contribution in [1.82, 2.24) is 10.6 Å². The number of rotatable bonds is 15. The first-order valence-electron chi connectivity index (χ1n) is 12.2. The lowest BCUT2D eigenvalue weighted by Crippen LogP contribution is -2.53. The Hall–Kier alpha value is -3.20. The molecule has 0 radical (unpaired) electrons. The molecule has 0 saturated carbocycles. The maximum absolute atomic E-state index is 12.9. The van der Waals surface area contributed by atoms with E-state index in [1.54, 1.807) is 6.08 Å². The maximum atomic E-state index is 12.9. The number of methoxy groups -OCH3 is 1. The molecule has 36 heavy (non-hydrogen) atoms. The molecule has 0 saturated heterocycles. The van der Waals surface area contributed by atoms with Gasteiger partial charge >= 0.3 is 0 Å². The molecule has 8 nitrogen and oxygen atoms in total. The predicted molar refractivity (Wildman–Crippen MR) is 140 cm³/mol. The van der Waals surface area contributed by atoms with Crippen molar-refractivity contribution in [1.29, 1.82) is 0 Å². The first kappa shape index (κ1) is 29.0. The van der Waals surface area contributed by atoms with Gasteiger partial charge in [-0.1, -0.05) is 62.4 Å². The van der Waals surface area contributed by atoms with Gasteiger partial charge in [-0.05, 0) is 35.6 Å². The van der Waals surface area contributed by atoms with Crippen LogP contribution in [0, 0.1) is 5.92 Å². The fraction of sp³-hybridized carbons (Fsp3) is 0.429. The van der Waals surface area contributed by atoms with Crippen LogP contribution in [0.15, 0.2) is 67.3 Å². The summed E-state index contributed by atoms with van der Waals surface area (Å²) in [5.74, 6) is -0.296. The number of aliphatic hydroxyl groups is 1. The molecule has 2 amide bonds. The Morgan fingerprint density at radius 2 is 1.78 bits per heavy atom. The molecule has 0 aliphatic rings. The molecule has 0 heterocycles. The minimum atomic E-state index is -1.05. The van der Waals surface area contributed by atoms with Crippen LogP contribution in [0.5, 0.6) is 5.75 Å². The summed E-state index contributed by atoms with van der Waals surface area (Å²) < 4.78 is 11.0. The van der Waals surface area contributed by atoms with Gasteiger partial charge in [-0.2, -0.15) is 0 Å². The highest BCUT2D eigenvalue weighted by molar-refractivity contribution is 5.89. The average molecular weight is 498 g/mol. The second-order valence-corrected chi connectivity index (χ2v) is 9.08. The molecular formula is C28H39N3O5. The van der Waals surface area contributed by atoms with Crippen LogP contribution in [-0.2, 0) is 27.3 Å². The third-order valence-corrected chi connectivity index (χ3v) is 5.80. The van der Waals surface area contributed by atoms with E-state index in [0.29, 0.717) is 12.3 Å². The predicted octanol–water partition coefficient (Wildman–Crippen LogP) is 2.34. The SMILES string of the molecule is C=CCc1cccc(OC[C@H](N)[C@H](O)C[C@@H](OC)C(=O)N[C@H](C(=O)NCc2ccccc2)C(C)C)c1. The van der Waals surface area contributed by atoms with Crippen molar-refractivity contribution in [2.75, 3.05) is 13.7 Å². The second kappa shape index (κ2) is 15.0. The van der Waals surface area contributed by atoms with Crippen LogP contribution < -0.4 is 21.1 Å². The Kier molecular flexibility index (Phi) is 12.1. The van der Waals surface area contributed by atoms with Gasteiger partial charge in [0.25, 0.3) is 0 Å². The molecule has 0 aliphatic heterocycles. The molecule has 8 heteroatoms. The Bertz CT molecular complexity index is 967. The number of amides is 2. The molecule has 196 valence electrons. The van der Waals surface area contributed by atoms with Crippen LogP contribution in [-0.4, -0.2) is 54.9 Å². The Morgan fingerprint density at radius 3 is 2.42 bits per heavy atom. The van der Waals surface area contributed by atoms with Crippen LogP contribution in [0.1, 0.15) is 31.4 Å². The molecule has 2 aromatic rings. The minimum absolute atomic E-state index is 0.0419. The highest BCUT2D eigenvalue weighted by Gasteiger charge is 2.30. The summed E-state index contributed by atoms with van der Waals surface area (Å²) in [6.07, 6.45) is 0.450. The molecule has 0 fully saturated rings. The number of benzene rings is 2. The zero-order valence-electron chi connectivity index (χ0n) is 21.4. The van der Waals surface area contributed by atoms with E-state index in [1.165, 1.54) is 7.11 Å². The smallest absolute Gasteiger partial charge is 0.249 e. The molecule has 5 N–H and O–H groups in total. The van der Waals surface area contributed by atoms with Gasteiger partial charge in [-0.15, -0.1) is 6.58 Å². The fourth-order valence-corrected chi connectivity index (χ4v) is 3.61. The number of nitrogens with one attached hydrogen (secondary N) is 2. The number of carbonyl (C=O) groups is 2. The van der Waals surface area contributed by atoms with Crippen molar-refractivity contribution in [3.63, 3.8) is 0 Å². The van der Waals surface area contributed by atoms with E-state index in [4.69, 9.17) is 15.2 Å². The van der Waals surface area contributed by atoms with E-state index in [0.717, 1.165) is 17.5 Å². The first-order chi connectivity index (χ1) is 17.2. The third kappa shape index (κ3) is 9.45. The van der Waals surface area contributed by atoms with Crippen molar-refractivity contribution in [2.24, 2.45) is 11.7 Å². The molecular weight excluding hydrogens is 458 g/mol. The third-order valence-electron chi connectivity index (χ3n) is 5.80. The Morgan fingerprint density at radius 1 is 1.08 bits per heavy atom. The van der Waals surface area contributed by atoms with Crippen molar-refractivity contribution in [3.05, 3.63) is 78.4 Å². The van der Waals surface area contributed by atoms with Gasteiger partial charge in [0, 0.05) is 20.1 Å². The summed E-state index contributed by atoms with van der Waals surface area (Å²) in [5.41, 5.74) is 8.13. The van der Waals surface area contributed by atoms with E-state index < -0.39 is 30.2 Å². The van der Waals surface area contributed by atoms with Crippen LogP contribution in [0.25, 0.3) is 0 Å². The monoisotopic (exact) mass is 497 g/mol. The molecule has 4 atom stereocenters. The van der Waals surface area contributed by atoms with Crippen LogP contribution in [0.3, 0.4) is 0 Å². The molecule has 2 rings (SSSR count). The van der Waals surface area contributed by atoms with E-state index in [1.807, 2.05) is 68.4 Å². The zero-order valence-corrected chi connectivity index (χ0v) is 21.4. The number of hydrogen-bond donors (Lipinski definition) is 4. The van der Waals surface area contributed by atoms with E-state index >= 15 is 0 Å². The summed E-state index contributed by atoms with van der Waals surface area (Å²) in [7, 11) is 1.38. The van der Waals surface area contributed by atoms with Crippen LogP contribution in [0.4, 0.5) is 0 Å². The molecule has 0 aromatic heterocycles. The molecule has 0 bridgehead atoms. The van der Waals surface area contributed by atoms with Gasteiger partial charge in [0.15, 0.2) is 0 Å². The van der Waals surface area contributed by atoms with Gasteiger partial charge in [0.2, 0.25) is 11.8 Å². The zero-order chi connectivity index (χ0) is 26.5. The normalized spacial score (nSPS) is 14.4. The highest BCUT2D eigenvalue weighted by atomic mass is 16.5. The van der Waals surface area contributed by atoms with Gasteiger partial charge in [-0.25, -0.2) is 0 Å². The van der Waals surface area contributed by atoms with E-state index in [2.05, 4.69) is 17.2 Å². The average Bonchev–Trinajstić information content (AvgIpc) is 2.88. The van der Waals surface area contributed by atoms with Gasteiger partial charge in [0.1, 0.15) is 24.5 Å². The second-order valence-electron chi connectivity index (χ2n) is 9.08. The van der Waals surface area contributed by atoms with E-state index in [9.17, 15) is 14.7 Å². The van der Waals surface area contributed by atoms with Gasteiger partial charge < -0.3 is 30.9 Å². The lowest BCUT2D eigenvalue weighted by Gasteiger charge is -2.26. The van der Waals surface area contributed by atoms with Gasteiger partial charge in [-0.3, -0.25) is 9.59 Å². The first-order valence-corrected chi connectivity index (χ1v) is 12.2. The molecule has 0 aliphatic carbocycles. The Balaban J connectivity index is 1.89. The van der Waals surface area contributed by atoms with Crippen molar-refractivity contribution in [3.8, 4) is 5.75 Å². The summed E-state index contributed by atoms with van der Waals surface area (Å²) in [6.45, 7) is 7.85. The minimum Gasteiger partial charge on any atom is -0.492 e. The molecule has 0 spiro atoms. The Labute approximate surface area is 213 Å².